The lowest BCUT2D eigenvalue weighted by atomic mass is 9.38. The van der Waals surface area contributed by atoms with Gasteiger partial charge in [-0.25, -0.2) is 0 Å². The van der Waals surface area contributed by atoms with Gasteiger partial charge in [0.2, 0.25) is 0 Å². The molecule has 3 N–H and O–H groups in total. The van der Waals surface area contributed by atoms with Crippen LogP contribution in [0.15, 0.2) is 11.6 Å². The maximum absolute atomic E-state index is 14.5. The minimum Gasteiger partial charge on any atom is -0.460 e. The van der Waals surface area contributed by atoms with Gasteiger partial charge >= 0.3 is 11.9 Å². The summed E-state index contributed by atoms with van der Waals surface area (Å²) in [6.45, 7) is 17.4. The summed E-state index contributed by atoms with van der Waals surface area (Å²) in [4.78, 5) is 51.6. The fourth-order valence-corrected chi connectivity index (χ4v) is 10.1. The van der Waals surface area contributed by atoms with Gasteiger partial charge in [-0.2, -0.15) is 0 Å². The summed E-state index contributed by atoms with van der Waals surface area (Å²) in [6.07, 6.45) is 0.871. The fraction of sp³-hybridized carbons (Fsp3) is 0.824. The first-order valence-corrected chi connectivity index (χ1v) is 15.7. The van der Waals surface area contributed by atoms with E-state index in [-0.39, 0.29) is 36.9 Å². The van der Waals surface area contributed by atoms with E-state index in [4.69, 9.17) is 9.47 Å². The molecule has 1 unspecified atom stereocenters. The van der Waals surface area contributed by atoms with Crippen molar-refractivity contribution in [3.05, 3.63) is 11.6 Å². The zero-order valence-electron chi connectivity index (χ0n) is 27.6. The van der Waals surface area contributed by atoms with Gasteiger partial charge in [0, 0.05) is 43.4 Å². The van der Waals surface area contributed by atoms with Crippen LogP contribution in [0.5, 0.6) is 0 Å². The Hall–Kier alpha value is -2.10. The number of Topliss-reactive ketones (excluding diaryl/α,β-unsaturated/α-hetero) is 2. The fourth-order valence-electron chi connectivity index (χ4n) is 10.1. The van der Waals surface area contributed by atoms with E-state index in [1.807, 2.05) is 27.7 Å². The Bertz CT molecular complexity index is 1230. The summed E-state index contributed by atoms with van der Waals surface area (Å²) >= 11 is 0. The van der Waals surface area contributed by atoms with Gasteiger partial charge in [-0.3, -0.25) is 19.2 Å². The highest BCUT2D eigenvalue weighted by atomic mass is 16.6. The molecule has 0 radical (unpaired) electrons. The van der Waals surface area contributed by atoms with Gasteiger partial charge in [0.05, 0.1) is 12.2 Å². The lowest BCUT2D eigenvalue weighted by molar-refractivity contribution is -0.191. The Morgan fingerprint density at radius 3 is 2.16 bits per heavy atom. The number of allylic oxidation sites excluding steroid dienone is 1. The van der Waals surface area contributed by atoms with Crippen molar-refractivity contribution >= 4 is 23.5 Å². The molecule has 3 saturated carbocycles. The molecule has 0 bridgehead atoms. The van der Waals surface area contributed by atoms with Gasteiger partial charge in [0.15, 0.2) is 5.78 Å². The van der Waals surface area contributed by atoms with E-state index in [0.717, 1.165) is 5.57 Å². The molecule has 0 aromatic rings. The van der Waals surface area contributed by atoms with E-state index in [0.29, 0.717) is 19.3 Å². The molecule has 0 aliphatic heterocycles. The summed E-state index contributed by atoms with van der Waals surface area (Å²) in [7, 11) is 0. The molecule has 0 spiro atoms. The van der Waals surface area contributed by atoms with Crippen molar-refractivity contribution in [2.75, 3.05) is 0 Å². The molecule has 0 aromatic carbocycles. The zero-order valence-corrected chi connectivity index (χ0v) is 27.6. The standard InChI is InChI=1S/C34H52O9/c1-18(35)42-23-15-21-20(30(5,6)28(23)40)11-12-24-31(7)16-22(37)27(32(31,8)17-26(39)33(21,24)9)34(10,41)25(38)13-14-29(3,4)43-19(2)36/h11,21-24,27-28,37,40-41H,12-17H2,1-10H3/t21-,22-,23+,24+,27?,28-,31+,32-,33+,34+/m1/s1. The van der Waals surface area contributed by atoms with Gasteiger partial charge in [-0.15, -0.1) is 0 Å². The molecule has 0 saturated heterocycles. The molecule has 0 amide bonds. The Labute approximate surface area is 255 Å². The number of aliphatic hydroxyl groups is 3. The number of fused-ring (bicyclic) bond motifs is 5. The van der Waals surface area contributed by atoms with Crippen LogP contribution in [0.3, 0.4) is 0 Å². The number of hydrogen-bond donors (Lipinski definition) is 3. The van der Waals surface area contributed by atoms with Crippen molar-refractivity contribution in [2.24, 2.45) is 39.4 Å². The largest absolute Gasteiger partial charge is 0.460 e. The van der Waals surface area contributed by atoms with Crippen LogP contribution in [0.2, 0.25) is 0 Å². The highest BCUT2D eigenvalue weighted by Gasteiger charge is 2.74. The Kier molecular flexibility index (Phi) is 8.23. The van der Waals surface area contributed by atoms with Crippen LogP contribution in [0.4, 0.5) is 0 Å². The van der Waals surface area contributed by atoms with E-state index < -0.39 is 74.8 Å². The monoisotopic (exact) mass is 604 g/mol. The van der Waals surface area contributed by atoms with E-state index in [9.17, 15) is 34.5 Å². The molecule has 0 heterocycles. The molecule has 4 aliphatic carbocycles. The van der Waals surface area contributed by atoms with Crippen molar-refractivity contribution in [3.8, 4) is 0 Å². The van der Waals surface area contributed by atoms with Crippen LogP contribution in [-0.2, 0) is 28.7 Å². The van der Waals surface area contributed by atoms with Crippen LogP contribution < -0.4 is 0 Å². The first-order chi connectivity index (χ1) is 19.5. The highest BCUT2D eigenvalue weighted by molar-refractivity contribution is 5.90. The molecule has 4 aliphatic rings. The van der Waals surface area contributed by atoms with Crippen molar-refractivity contribution < 1.29 is 44.0 Å². The van der Waals surface area contributed by atoms with Crippen molar-refractivity contribution in [1.82, 2.24) is 0 Å². The van der Waals surface area contributed by atoms with Gasteiger partial charge in [0.1, 0.15) is 23.1 Å². The van der Waals surface area contributed by atoms with Gasteiger partial charge in [-0.05, 0) is 69.1 Å². The lowest BCUT2D eigenvalue weighted by Gasteiger charge is -2.65. The molecule has 9 nitrogen and oxygen atoms in total. The molecule has 10 atom stereocenters. The second kappa shape index (κ2) is 10.5. The normalized spacial score (nSPS) is 41.6. The molecule has 242 valence electrons. The average Bonchev–Trinajstić information content (AvgIpc) is 3.05. The number of esters is 2. The topological polar surface area (TPSA) is 147 Å². The Balaban J connectivity index is 1.71. The third kappa shape index (κ3) is 5.02. The summed E-state index contributed by atoms with van der Waals surface area (Å²) < 4.78 is 10.9. The van der Waals surface area contributed by atoms with Crippen LogP contribution in [-0.4, -0.2) is 68.3 Å². The first kappa shape index (κ1) is 33.8. The van der Waals surface area contributed by atoms with Crippen LogP contribution in [0.1, 0.15) is 108 Å². The van der Waals surface area contributed by atoms with Crippen LogP contribution >= 0.6 is 0 Å². The molecule has 3 fully saturated rings. The number of carbonyl (C=O) groups excluding carboxylic acids is 4. The number of aliphatic hydroxyl groups excluding tert-OH is 2. The number of ketones is 2. The SMILES string of the molecule is CC(=O)O[C@H]1C[C@@H]2C(=CC[C@@H]3[C@@]2(C)C(=O)C[C@]2(C)C([C@@](C)(O)C(=O)CCC(C)(C)OC(C)=O)[C@H](O)C[C@@]32C)C(C)(C)[C@@H]1O. The average molecular weight is 605 g/mol. The van der Waals surface area contributed by atoms with Crippen molar-refractivity contribution in [3.63, 3.8) is 0 Å². The molecule has 4 rings (SSSR count). The zero-order chi connectivity index (χ0) is 32.7. The summed E-state index contributed by atoms with van der Waals surface area (Å²) in [5, 5.41) is 34.7. The van der Waals surface area contributed by atoms with E-state index in [1.165, 1.54) is 20.8 Å². The number of hydrogen-bond acceptors (Lipinski definition) is 9. The third-order valence-electron chi connectivity index (χ3n) is 12.5. The minimum atomic E-state index is -1.92. The second-order valence-electron chi connectivity index (χ2n) is 15.9. The quantitative estimate of drug-likeness (QED) is 0.289. The number of ether oxygens (including phenoxy) is 2. The summed E-state index contributed by atoms with van der Waals surface area (Å²) in [5.74, 6) is -2.76. The van der Waals surface area contributed by atoms with Crippen LogP contribution in [0, 0.1) is 39.4 Å². The highest BCUT2D eigenvalue weighted by Crippen LogP contribution is 2.74. The van der Waals surface area contributed by atoms with Crippen molar-refractivity contribution in [1.29, 1.82) is 0 Å². The summed E-state index contributed by atoms with van der Waals surface area (Å²) in [6, 6.07) is 0. The van der Waals surface area contributed by atoms with E-state index >= 15 is 0 Å². The van der Waals surface area contributed by atoms with E-state index in [1.54, 1.807) is 13.8 Å². The molecule has 0 aromatic heterocycles. The maximum Gasteiger partial charge on any atom is 0.303 e. The molecule has 43 heavy (non-hydrogen) atoms. The predicted molar refractivity (Wildman–Crippen MR) is 158 cm³/mol. The molecule has 9 heteroatoms. The maximum atomic E-state index is 14.5. The second-order valence-corrected chi connectivity index (χ2v) is 15.9. The van der Waals surface area contributed by atoms with Crippen LogP contribution in [0.25, 0.3) is 0 Å². The summed E-state index contributed by atoms with van der Waals surface area (Å²) in [5.41, 5.74) is -4.89. The molecular weight excluding hydrogens is 552 g/mol. The lowest BCUT2D eigenvalue weighted by Crippen LogP contribution is -2.66. The number of carbonyl (C=O) groups is 4. The van der Waals surface area contributed by atoms with Crippen molar-refractivity contribution in [2.45, 2.75) is 137 Å². The van der Waals surface area contributed by atoms with Gasteiger partial charge in [0.25, 0.3) is 0 Å². The predicted octanol–water partition coefficient (Wildman–Crippen LogP) is 4.09. The first-order valence-electron chi connectivity index (χ1n) is 15.7. The van der Waals surface area contributed by atoms with Gasteiger partial charge < -0.3 is 24.8 Å². The van der Waals surface area contributed by atoms with Gasteiger partial charge in [-0.1, -0.05) is 46.3 Å². The Morgan fingerprint density at radius 1 is 1.00 bits per heavy atom. The third-order valence-corrected chi connectivity index (χ3v) is 12.5. The minimum absolute atomic E-state index is 0.000167. The smallest absolute Gasteiger partial charge is 0.303 e. The molecular formula is C34H52O9. The van der Waals surface area contributed by atoms with E-state index in [2.05, 4.69) is 13.0 Å². The Morgan fingerprint density at radius 2 is 1.60 bits per heavy atom. The number of rotatable bonds is 7.